The van der Waals surface area contributed by atoms with E-state index in [1.54, 1.807) is 23.8 Å². The summed E-state index contributed by atoms with van der Waals surface area (Å²) in [4.78, 5) is 29.4. The van der Waals surface area contributed by atoms with Crippen molar-refractivity contribution in [3.05, 3.63) is 62.6 Å². The molecule has 7 nitrogen and oxygen atoms in total. The van der Waals surface area contributed by atoms with Gasteiger partial charge in [-0.25, -0.2) is 4.39 Å². The number of hydrogen-bond acceptors (Lipinski definition) is 6. The maximum Gasteiger partial charge on any atom is 0.317 e. The van der Waals surface area contributed by atoms with Crippen LogP contribution in [0.3, 0.4) is 0 Å². The topological polar surface area (TPSA) is 82.7 Å². The molecular formula is C16H14FN5O2S. The van der Waals surface area contributed by atoms with Crippen LogP contribution in [0.1, 0.15) is 18.5 Å². The van der Waals surface area contributed by atoms with Crippen molar-refractivity contribution in [1.82, 2.24) is 24.3 Å². The summed E-state index contributed by atoms with van der Waals surface area (Å²) in [5, 5.41) is 8.22. The normalized spacial score (nSPS) is 15.2. The number of alkyl halides is 1. The Morgan fingerprint density at radius 3 is 2.60 bits per heavy atom. The first-order chi connectivity index (χ1) is 12.1. The Bertz CT molecular complexity index is 1010. The second-order valence-electron chi connectivity index (χ2n) is 6.04. The van der Waals surface area contributed by atoms with Crippen molar-refractivity contribution < 1.29 is 4.39 Å². The van der Waals surface area contributed by atoms with Crippen molar-refractivity contribution in [3.8, 4) is 10.6 Å². The van der Waals surface area contributed by atoms with Crippen LogP contribution in [0.4, 0.5) is 4.39 Å². The van der Waals surface area contributed by atoms with E-state index in [2.05, 4.69) is 15.2 Å². The second kappa shape index (κ2) is 5.99. The predicted molar refractivity (Wildman–Crippen MR) is 90.4 cm³/mol. The summed E-state index contributed by atoms with van der Waals surface area (Å²) in [6, 6.07) is 3.55. The van der Waals surface area contributed by atoms with Gasteiger partial charge in [0, 0.05) is 18.6 Å². The van der Waals surface area contributed by atoms with E-state index < -0.39 is 23.3 Å². The van der Waals surface area contributed by atoms with Gasteiger partial charge in [0.05, 0.1) is 28.2 Å². The molecule has 0 unspecified atom stereocenters. The third-order valence-corrected chi connectivity index (χ3v) is 5.18. The summed E-state index contributed by atoms with van der Waals surface area (Å²) in [6.45, 7) is -0.506. The molecule has 9 heteroatoms. The molecule has 0 aromatic carbocycles. The molecule has 0 atom stereocenters. The molecule has 1 aliphatic carbocycles. The van der Waals surface area contributed by atoms with E-state index in [-0.39, 0.29) is 6.54 Å². The maximum absolute atomic E-state index is 13.1. The fourth-order valence-electron chi connectivity index (χ4n) is 2.68. The smallest absolute Gasteiger partial charge is 0.303 e. The second-order valence-corrected chi connectivity index (χ2v) is 6.93. The average molecular weight is 359 g/mol. The van der Waals surface area contributed by atoms with Gasteiger partial charge in [0.2, 0.25) is 0 Å². The van der Waals surface area contributed by atoms with Crippen molar-refractivity contribution >= 4 is 11.3 Å². The highest BCUT2D eigenvalue weighted by Gasteiger charge is 2.45. The number of thiazole rings is 1. The lowest BCUT2D eigenvalue weighted by Gasteiger charge is -2.15. The fraction of sp³-hybridized carbons (Fsp3) is 0.312. The fourth-order valence-corrected chi connectivity index (χ4v) is 3.27. The van der Waals surface area contributed by atoms with Crippen LogP contribution in [0.25, 0.3) is 10.6 Å². The molecule has 3 heterocycles. The number of rotatable bonds is 5. The van der Waals surface area contributed by atoms with Crippen molar-refractivity contribution in [2.75, 3.05) is 6.67 Å². The molecule has 4 rings (SSSR count). The summed E-state index contributed by atoms with van der Waals surface area (Å²) >= 11 is 1.46. The van der Waals surface area contributed by atoms with Gasteiger partial charge in [-0.15, -0.1) is 16.4 Å². The van der Waals surface area contributed by atoms with Gasteiger partial charge < -0.3 is 9.13 Å². The first kappa shape index (κ1) is 15.8. The summed E-state index contributed by atoms with van der Waals surface area (Å²) < 4.78 is 15.6. The van der Waals surface area contributed by atoms with Crippen molar-refractivity contribution in [2.24, 2.45) is 0 Å². The monoisotopic (exact) mass is 359 g/mol. The molecule has 1 fully saturated rings. The molecule has 1 saturated carbocycles. The molecule has 0 N–H and O–H groups in total. The van der Waals surface area contributed by atoms with Crippen LogP contribution >= 0.6 is 11.3 Å². The van der Waals surface area contributed by atoms with Crippen molar-refractivity contribution in [1.29, 1.82) is 0 Å². The summed E-state index contributed by atoms with van der Waals surface area (Å²) in [5.74, 6) is 0. The largest absolute Gasteiger partial charge is 0.317 e. The molecule has 0 radical (unpaired) electrons. The van der Waals surface area contributed by atoms with Crippen LogP contribution in [0.2, 0.25) is 0 Å². The van der Waals surface area contributed by atoms with Crippen LogP contribution < -0.4 is 11.1 Å². The average Bonchev–Trinajstić information content (AvgIpc) is 3.23. The molecule has 25 heavy (non-hydrogen) atoms. The number of hydrogen-bond donors (Lipinski definition) is 0. The van der Waals surface area contributed by atoms with E-state index in [9.17, 15) is 14.0 Å². The van der Waals surface area contributed by atoms with Gasteiger partial charge in [0.1, 0.15) is 12.4 Å². The first-order valence-electron chi connectivity index (χ1n) is 7.73. The van der Waals surface area contributed by atoms with Crippen LogP contribution in [0.15, 0.2) is 45.8 Å². The van der Waals surface area contributed by atoms with Crippen molar-refractivity contribution in [2.45, 2.75) is 24.9 Å². The number of halogens is 1. The van der Waals surface area contributed by atoms with E-state index in [1.165, 1.54) is 32.9 Å². The quantitative estimate of drug-likeness (QED) is 0.644. The van der Waals surface area contributed by atoms with E-state index in [0.29, 0.717) is 24.2 Å². The summed E-state index contributed by atoms with van der Waals surface area (Å²) in [7, 11) is 0. The van der Waals surface area contributed by atoms with E-state index in [1.807, 2.05) is 0 Å². The molecule has 0 saturated heterocycles. The Balaban J connectivity index is 1.60. The Morgan fingerprint density at radius 1 is 1.16 bits per heavy atom. The lowest BCUT2D eigenvalue weighted by atomic mass is 10.3. The van der Waals surface area contributed by atoms with Crippen LogP contribution in [0.5, 0.6) is 0 Å². The SMILES string of the molecule is O=c1c(=O)n(C2(CF)CC2)ccn1Cc1ccc(-c2cncs2)nn1. The minimum Gasteiger partial charge on any atom is -0.303 e. The zero-order valence-electron chi connectivity index (χ0n) is 13.1. The van der Waals surface area contributed by atoms with Gasteiger partial charge in [0.15, 0.2) is 0 Å². The Kier molecular flexibility index (Phi) is 3.79. The third-order valence-electron chi connectivity index (χ3n) is 4.38. The van der Waals surface area contributed by atoms with Crippen LogP contribution in [0, 0.1) is 0 Å². The van der Waals surface area contributed by atoms with Gasteiger partial charge in [-0.05, 0) is 25.0 Å². The third kappa shape index (κ3) is 2.80. The Hall–Kier alpha value is -2.68. The zero-order chi connectivity index (χ0) is 17.4. The molecule has 3 aromatic rings. The van der Waals surface area contributed by atoms with Crippen molar-refractivity contribution in [3.63, 3.8) is 0 Å². The lowest BCUT2D eigenvalue weighted by molar-refractivity contribution is 0.326. The molecule has 0 spiro atoms. The lowest BCUT2D eigenvalue weighted by Crippen LogP contribution is -2.45. The minimum absolute atomic E-state index is 0.132. The first-order valence-corrected chi connectivity index (χ1v) is 8.61. The summed E-state index contributed by atoms with van der Waals surface area (Å²) in [6.07, 6.45) is 5.85. The van der Waals surface area contributed by atoms with Crippen LogP contribution in [-0.2, 0) is 12.1 Å². The molecule has 1 aliphatic rings. The molecule has 128 valence electrons. The highest BCUT2D eigenvalue weighted by molar-refractivity contribution is 7.13. The molecule has 0 bridgehead atoms. The standard InChI is InChI=1S/C16H14FN5O2S/c17-9-16(3-4-16)22-6-5-21(14(23)15(22)24)8-11-1-2-12(20-19-11)13-7-18-10-25-13/h1-2,5-7,10H,3-4,8-9H2. The number of aromatic nitrogens is 5. The Morgan fingerprint density at radius 2 is 2.00 bits per heavy atom. The van der Waals surface area contributed by atoms with Gasteiger partial charge in [-0.2, -0.15) is 5.10 Å². The van der Waals surface area contributed by atoms with E-state index in [0.717, 1.165) is 4.88 Å². The molecule has 3 aromatic heterocycles. The van der Waals surface area contributed by atoms with Gasteiger partial charge in [-0.1, -0.05) is 0 Å². The number of nitrogens with zero attached hydrogens (tertiary/aromatic N) is 5. The van der Waals surface area contributed by atoms with Gasteiger partial charge >= 0.3 is 11.1 Å². The van der Waals surface area contributed by atoms with Gasteiger partial charge in [-0.3, -0.25) is 14.6 Å². The highest BCUT2D eigenvalue weighted by Crippen LogP contribution is 2.42. The molecular weight excluding hydrogens is 345 g/mol. The Labute approximate surface area is 145 Å². The molecule has 0 aliphatic heterocycles. The minimum atomic E-state index is -0.814. The molecule has 0 amide bonds. The summed E-state index contributed by atoms with van der Waals surface area (Å²) in [5.41, 5.74) is 0.768. The van der Waals surface area contributed by atoms with Gasteiger partial charge in [0.25, 0.3) is 0 Å². The maximum atomic E-state index is 13.1. The van der Waals surface area contributed by atoms with E-state index >= 15 is 0 Å². The zero-order valence-corrected chi connectivity index (χ0v) is 13.9. The highest BCUT2D eigenvalue weighted by atomic mass is 32.1. The van der Waals surface area contributed by atoms with Crippen LogP contribution in [-0.4, -0.2) is 31.0 Å². The predicted octanol–water partition coefficient (Wildman–Crippen LogP) is 1.43. The van der Waals surface area contributed by atoms with E-state index in [4.69, 9.17) is 0 Å².